The summed E-state index contributed by atoms with van der Waals surface area (Å²) in [5.74, 6) is 1.27. The molecule has 0 saturated heterocycles. The van der Waals surface area contributed by atoms with Crippen LogP contribution < -0.4 is 4.74 Å². The first-order valence-electron chi connectivity index (χ1n) is 9.04. The normalized spacial score (nSPS) is 11.3. The van der Waals surface area contributed by atoms with Gasteiger partial charge in [0.25, 0.3) is 0 Å². The summed E-state index contributed by atoms with van der Waals surface area (Å²) in [4.78, 5) is 9.02. The van der Waals surface area contributed by atoms with E-state index in [1.807, 2.05) is 61.5 Å². The number of benzene rings is 2. The molecule has 3 heterocycles. The van der Waals surface area contributed by atoms with Crippen molar-refractivity contribution in [2.45, 2.75) is 20.1 Å². The molecule has 5 rings (SSSR count). The van der Waals surface area contributed by atoms with Crippen LogP contribution in [0.5, 0.6) is 5.88 Å². The maximum absolute atomic E-state index is 6.07. The monoisotopic (exact) mass is 371 g/mol. The summed E-state index contributed by atoms with van der Waals surface area (Å²) < 4.78 is 9.60. The fraction of sp³-hybridized carbons (Fsp3) is 0.150. The van der Waals surface area contributed by atoms with Crippen LogP contribution in [0.25, 0.3) is 27.6 Å². The van der Waals surface area contributed by atoms with E-state index in [4.69, 9.17) is 9.72 Å². The SMILES string of the molecule is CCn1ncnc1COc1nc2c(nnn2-c2ccccc2)c2ccccc12. The average Bonchev–Trinajstić information content (AvgIpc) is 3.39. The molecule has 8 heteroatoms. The molecule has 0 aliphatic rings. The van der Waals surface area contributed by atoms with Crippen LogP contribution in [0.3, 0.4) is 0 Å². The van der Waals surface area contributed by atoms with Crippen LogP contribution in [-0.2, 0) is 13.2 Å². The molecule has 0 saturated carbocycles. The van der Waals surface area contributed by atoms with Gasteiger partial charge in [0.15, 0.2) is 11.5 Å². The second-order valence-corrected chi connectivity index (χ2v) is 6.25. The zero-order chi connectivity index (χ0) is 18.9. The van der Waals surface area contributed by atoms with Gasteiger partial charge in [0, 0.05) is 17.3 Å². The molecule has 0 fully saturated rings. The number of pyridine rings is 1. The van der Waals surface area contributed by atoms with Crippen LogP contribution >= 0.6 is 0 Å². The second kappa shape index (κ2) is 6.73. The van der Waals surface area contributed by atoms with Crippen LogP contribution in [0.1, 0.15) is 12.7 Å². The number of ether oxygens (including phenoxy) is 1. The van der Waals surface area contributed by atoms with Gasteiger partial charge >= 0.3 is 0 Å². The van der Waals surface area contributed by atoms with Crippen LogP contribution in [0, 0.1) is 0 Å². The van der Waals surface area contributed by atoms with Crippen LogP contribution in [0.2, 0.25) is 0 Å². The minimum Gasteiger partial charge on any atom is -0.469 e. The number of aromatic nitrogens is 7. The Morgan fingerprint density at radius 2 is 1.75 bits per heavy atom. The van der Waals surface area contributed by atoms with Crippen LogP contribution in [0.15, 0.2) is 60.9 Å². The third-order valence-electron chi connectivity index (χ3n) is 4.60. The van der Waals surface area contributed by atoms with Gasteiger partial charge in [-0.15, -0.1) is 5.10 Å². The van der Waals surface area contributed by atoms with Gasteiger partial charge in [0.1, 0.15) is 18.5 Å². The Bertz CT molecular complexity index is 1260. The summed E-state index contributed by atoms with van der Waals surface area (Å²) in [6, 6.07) is 17.7. The summed E-state index contributed by atoms with van der Waals surface area (Å²) in [6.45, 7) is 3.03. The Kier molecular flexibility index (Phi) is 3.93. The quantitative estimate of drug-likeness (QED) is 0.472. The highest BCUT2D eigenvalue weighted by Crippen LogP contribution is 2.30. The van der Waals surface area contributed by atoms with E-state index >= 15 is 0 Å². The molecule has 8 nitrogen and oxygen atoms in total. The van der Waals surface area contributed by atoms with Crippen molar-refractivity contribution < 1.29 is 4.74 Å². The van der Waals surface area contributed by atoms with Gasteiger partial charge in [-0.25, -0.2) is 9.67 Å². The molecule has 138 valence electrons. The van der Waals surface area contributed by atoms with E-state index in [-0.39, 0.29) is 6.61 Å². The first-order valence-corrected chi connectivity index (χ1v) is 9.04. The number of para-hydroxylation sites is 1. The van der Waals surface area contributed by atoms with Crippen molar-refractivity contribution in [3.05, 3.63) is 66.7 Å². The maximum Gasteiger partial charge on any atom is 0.224 e. The minimum absolute atomic E-state index is 0.281. The molecule has 0 atom stereocenters. The molecule has 0 aliphatic heterocycles. The lowest BCUT2D eigenvalue weighted by atomic mass is 10.1. The average molecular weight is 371 g/mol. The van der Waals surface area contributed by atoms with E-state index < -0.39 is 0 Å². The summed E-state index contributed by atoms with van der Waals surface area (Å²) in [7, 11) is 0. The Balaban J connectivity index is 1.64. The predicted octanol–water partition coefficient (Wildman–Crippen LogP) is 3.16. The number of hydrogen-bond donors (Lipinski definition) is 0. The van der Waals surface area contributed by atoms with Gasteiger partial charge in [-0.05, 0) is 25.1 Å². The Morgan fingerprint density at radius 1 is 0.964 bits per heavy atom. The van der Waals surface area contributed by atoms with Crippen molar-refractivity contribution in [2.75, 3.05) is 0 Å². The maximum atomic E-state index is 6.07. The molecule has 0 amide bonds. The lowest BCUT2D eigenvalue weighted by molar-refractivity contribution is 0.280. The number of fused-ring (bicyclic) bond motifs is 3. The first-order chi connectivity index (χ1) is 13.8. The molecule has 0 bridgehead atoms. The lowest BCUT2D eigenvalue weighted by Gasteiger charge is -2.10. The van der Waals surface area contributed by atoms with Crippen molar-refractivity contribution in [1.82, 2.24) is 34.7 Å². The van der Waals surface area contributed by atoms with Crippen molar-refractivity contribution in [3.8, 4) is 11.6 Å². The van der Waals surface area contributed by atoms with Crippen molar-refractivity contribution in [3.63, 3.8) is 0 Å². The van der Waals surface area contributed by atoms with Gasteiger partial charge < -0.3 is 4.74 Å². The van der Waals surface area contributed by atoms with E-state index in [0.29, 0.717) is 11.5 Å². The molecule has 0 unspecified atom stereocenters. The van der Waals surface area contributed by atoms with E-state index in [2.05, 4.69) is 20.4 Å². The molecule has 0 spiro atoms. The largest absolute Gasteiger partial charge is 0.469 e. The second-order valence-electron chi connectivity index (χ2n) is 6.25. The highest BCUT2D eigenvalue weighted by atomic mass is 16.5. The molecule has 0 N–H and O–H groups in total. The van der Waals surface area contributed by atoms with Crippen LogP contribution in [-0.4, -0.2) is 34.7 Å². The van der Waals surface area contributed by atoms with Crippen LogP contribution in [0.4, 0.5) is 0 Å². The Labute approximate surface area is 160 Å². The molecule has 5 aromatic rings. The molecular formula is C20H17N7O. The summed E-state index contributed by atoms with van der Waals surface area (Å²) in [5, 5.41) is 14.7. The Hall–Kier alpha value is -3.81. The number of hydrogen-bond acceptors (Lipinski definition) is 6. The molecule has 0 aliphatic carbocycles. The molecule has 2 aromatic carbocycles. The fourth-order valence-corrected chi connectivity index (χ4v) is 3.23. The summed E-state index contributed by atoms with van der Waals surface area (Å²) in [5.41, 5.74) is 2.28. The zero-order valence-electron chi connectivity index (χ0n) is 15.2. The van der Waals surface area contributed by atoms with E-state index in [1.165, 1.54) is 6.33 Å². The minimum atomic E-state index is 0.281. The number of rotatable bonds is 5. The summed E-state index contributed by atoms with van der Waals surface area (Å²) >= 11 is 0. The Morgan fingerprint density at radius 3 is 2.57 bits per heavy atom. The van der Waals surface area contributed by atoms with E-state index in [9.17, 15) is 0 Å². The number of nitrogens with zero attached hydrogens (tertiary/aromatic N) is 7. The lowest BCUT2D eigenvalue weighted by Crippen LogP contribution is -2.08. The zero-order valence-corrected chi connectivity index (χ0v) is 15.2. The summed E-state index contributed by atoms with van der Waals surface area (Å²) in [6.07, 6.45) is 1.53. The molecule has 0 radical (unpaired) electrons. The van der Waals surface area contributed by atoms with Crippen molar-refractivity contribution >= 4 is 21.9 Å². The third-order valence-corrected chi connectivity index (χ3v) is 4.60. The fourth-order valence-electron chi connectivity index (χ4n) is 3.23. The highest BCUT2D eigenvalue weighted by molar-refractivity contribution is 6.04. The number of aryl methyl sites for hydroxylation is 1. The third kappa shape index (κ3) is 2.66. The van der Waals surface area contributed by atoms with Gasteiger partial charge in [-0.1, -0.05) is 41.6 Å². The van der Waals surface area contributed by atoms with Gasteiger partial charge in [0.2, 0.25) is 5.88 Å². The topological polar surface area (TPSA) is 83.5 Å². The van der Waals surface area contributed by atoms with Crippen molar-refractivity contribution in [1.29, 1.82) is 0 Å². The van der Waals surface area contributed by atoms with E-state index in [0.717, 1.165) is 34.3 Å². The molecular weight excluding hydrogens is 354 g/mol. The molecule has 3 aromatic heterocycles. The molecule has 28 heavy (non-hydrogen) atoms. The smallest absolute Gasteiger partial charge is 0.224 e. The van der Waals surface area contributed by atoms with Gasteiger partial charge in [-0.2, -0.15) is 14.8 Å². The van der Waals surface area contributed by atoms with Gasteiger partial charge in [-0.3, -0.25) is 0 Å². The predicted molar refractivity (Wildman–Crippen MR) is 104 cm³/mol. The highest BCUT2D eigenvalue weighted by Gasteiger charge is 2.16. The van der Waals surface area contributed by atoms with E-state index in [1.54, 1.807) is 9.36 Å². The standard InChI is InChI=1S/C20H17N7O/c1-2-26-17(21-13-22-26)12-28-20-16-11-7-6-10-15(16)18-19(23-20)27(25-24-18)14-8-4-3-5-9-14/h3-11,13H,2,12H2,1H3. The van der Waals surface area contributed by atoms with Gasteiger partial charge in [0.05, 0.1) is 5.69 Å². The van der Waals surface area contributed by atoms with Crippen molar-refractivity contribution in [2.24, 2.45) is 0 Å². The first kappa shape index (κ1) is 16.4.